The van der Waals surface area contributed by atoms with Crippen molar-refractivity contribution in [3.63, 3.8) is 0 Å². The first-order chi connectivity index (χ1) is 14.2. The zero-order valence-corrected chi connectivity index (χ0v) is 18.1. The molecule has 3 aliphatic rings. The van der Waals surface area contributed by atoms with Crippen LogP contribution in [-0.4, -0.2) is 34.1 Å². The Labute approximate surface area is 178 Å². The van der Waals surface area contributed by atoms with E-state index in [1.165, 1.54) is 24.2 Å². The van der Waals surface area contributed by atoms with Crippen molar-refractivity contribution in [2.75, 3.05) is 17.7 Å². The highest BCUT2D eigenvalue weighted by molar-refractivity contribution is 8.01. The van der Waals surface area contributed by atoms with Crippen molar-refractivity contribution < 1.29 is 9.59 Å². The molecule has 0 unspecified atom stereocenters. The molecule has 152 valence electrons. The molecule has 1 aromatic carbocycles. The second-order valence-electron chi connectivity index (χ2n) is 8.16. The number of thiazole rings is 1. The van der Waals surface area contributed by atoms with Gasteiger partial charge in [0.15, 0.2) is 4.34 Å². The number of amides is 2. The van der Waals surface area contributed by atoms with Gasteiger partial charge in [-0.1, -0.05) is 43.7 Å². The minimum absolute atomic E-state index is 0.00557. The molecule has 1 aromatic heterocycles. The highest BCUT2D eigenvalue weighted by Gasteiger charge is 2.59. The van der Waals surface area contributed by atoms with Crippen LogP contribution in [0, 0.1) is 23.7 Å². The lowest BCUT2D eigenvalue weighted by Crippen LogP contribution is -2.37. The van der Waals surface area contributed by atoms with Crippen LogP contribution in [0.2, 0.25) is 0 Å². The molecule has 2 fully saturated rings. The number of nitrogens with one attached hydrogen (secondary N) is 1. The number of likely N-dealkylation sites (tertiary alicyclic amines) is 1. The van der Waals surface area contributed by atoms with Gasteiger partial charge in [-0.25, -0.2) is 4.98 Å². The molecule has 2 aromatic rings. The summed E-state index contributed by atoms with van der Waals surface area (Å²) < 4.78 is 2.24. The van der Waals surface area contributed by atoms with Crippen molar-refractivity contribution in [3.8, 4) is 0 Å². The predicted molar refractivity (Wildman–Crippen MR) is 118 cm³/mol. The highest BCUT2D eigenvalue weighted by Crippen LogP contribution is 2.52. The van der Waals surface area contributed by atoms with E-state index in [4.69, 9.17) is 4.98 Å². The van der Waals surface area contributed by atoms with Gasteiger partial charge in [-0.05, 0) is 42.9 Å². The van der Waals surface area contributed by atoms with Gasteiger partial charge in [-0.2, -0.15) is 0 Å². The number of unbranched alkanes of at least 4 members (excludes halogenated alkanes) is 2. The molecular weight excluding hydrogens is 402 g/mol. The number of carbonyl (C=O) groups is 2. The van der Waals surface area contributed by atoms with E-state index < -0.39 is 0 Å². The lowest BCUT2D eigenvalue weighted by atomic mass is 9.85. The van der Waals surface area contributed by atoms with Crippen molar-refractivity contribution in [1.82, 2.24) is 9.88 Å². The number of allylic oxidation sites excluding steroid dienone is 2. The maximum atomic E-state index is 12.8. The van der Waals surface area contributed by atoms with E-state index in [9.17, 15) is 9.59 Å². The van der Waals surface area contributed by atoms with Crippen LogP contribution >= 0.6 is 23.1 Å². The molecule has 5 rings (SSSR count). The molecule has 1 saturated carbocycles. The summed E-state index contributed by atoms with van der Waals surface area (Å²) in [5.41, 5.74) is 1.92. The van der Waals surface area contributed by atoms with Crippen LogP contribution in [0.3, 0.4) is 0 Å². The second-order valence-corrected chi connectivity index (χ2v) is 10.5. The summed E-state index contributed by atoms with van der Waals surface area (Å²) in [5.74, 6) is 1.35. The SMILES string of the molecule is CCCCCSc1nc2ccc(NCN3C(=O)[C@@H]4[C@@H](C3=O)[C@H]3C=C[C@H]4C3)cc2s1. The van der Waals surface area contributed by atoms with Crippen LogP contribution in [0.1, 0.15) is 32.6 Å². The van der Waals surface area contributed by atoms with E-state index >= 15 is 0 Å². The van der Waals surface area contributed by atoms with Gasteiger partial charge in [0.05, 0.1) is 28.7 Å². The average molecular weight is 428 g/mol. The van der Waals surface area contributed by atoms with E-state index in [1.807, 2.05) is 23.9 Å². The Morgan fingerprint density at radius 2 is 1.93 bits per heavy atom. The van der Waals surface area contributed by atoms with Gasteiger partial charge in [-0.3, -0.25) is 14.5 Å². The number of anilines is 1. The Balaban J connectivity index is 1.23. The number of thioether (sulfide) groups is 1. The maximum Gasteiger partial charge on any atom is 0.235 e. The lowest BCUT2D eigenvalue weighted by Gasteiger charge is -2.18. The second kappa shape index (κ2) is 7.76. The average Bonchev–Trinajstić information content (AvgIpc) is 3.47. The van der Waals surface area contributed by atoms with Crippen LogP contribution in [0.15, 0.2) is 34.7 Å². The summed E-state index contributed by atoms with van der Waals surface area (Å²) in [5, 5.41) is 3.28. The molecule has 0 spiro atoms. The Morgan fingerprint density at radius 1 is 1.17 bits per heavy atom. The Hall–Kier alpha value is -1.86. The van der Waals surface area contributed by atoms with Gasteiger partial charge in [0.1, 0.15) is 0 Å². The molecule has 2 aliphatic carbocycles. The molecule has 1 aliphatic heterocycles. The Bertz CT molecular complexity index is 956. The molecule has 7 heteroatoms. The molecule has 1 N–H and O–H groups in total. The van der Waals surface area contributed by atoms with E-state index in [0.29, 0.717) is 0 Å². The lowest BCUT2D eigenvalue weighted by molar-refractivity contribution is -0.140. The van der Waals surface area contributed by atoms with Gasteiger partial charge < -0.3 is 5.32 Å². The number of benzene rings is 1. The fraction of sp³-hybridized carbons (Fsp3) is 0.500. The first-order valence-electron chi connectivity index (χ1n) is 10.5. The molecule has 5 nitrogen and oxygen atoms in total. The van der Waals surface area contributed by atoms with E-state index in [1.54, 1.807) is 11.3 Å². The van der Waals surface area contributed by atoms with Crippen LogP contribution in [0.5, 0.6) is 0 Å². The van der Waals surface area contributed by atoms with Crippen LogP contribution in [-0.2, 0) is 9.59 Å². The third kappa shape index (κ3) is 3.38. The molecule has 0 radical (unpaired) electrons. The fourth-order valence-corrected chi connectivity index (χ4v) is 7.05. The first kappa shape index (κ1) is 19.1. The molecule has 4 atom stereocenters. The number of carbonyl (C=O) groups excluding carboxylic acids is 2. The Morgan fingerprint density at radius 3 is 2.66 bits per heavy atom. The van der Waals surface area contributed by atoms with E-state index in [0.717, 1.165) is 32.4 Å². The summed E-state index contributed by atoms with van der Waals surface area (Å²) in [6.07, 6.45) is 8.94. The Kier molecular flexibility index (Phi) is 5.12. The van der Waals surface area contributed by atoms with E-state index in [-0.39, 0.29) is 42.2 Å². The number of fused-ring (bicyclic) bond motifs is 6. The molecule has 29 heavy (non-hydrogen) atoms. The number of hydrogen-bond donors (Lipinski definition) is 1. The number of aromatic nitrogens is 1. The van der Waals surface area contributed by atoms with Gasteiger partial charge in [0.2, 0.25) is 11.8 Å². The number of hydrogen-bond acceptors (Lipinski definition) is 6. The normalized spacial score (nSPS) is 27.4. The summed E-state index contributed by atoms with van der Waals surface area (Å²) in [6.45, 7) is 2.46. The minimum Gasteiger partial charge on any atom is -0.367 e. The largest absolute Gasteiger partial charge is 0.367 e. The zero-order valence-electron chi connectivity index (χ0n) is 16.5. The molecule has 2 amide bonds. The third-order valence-electron chi connectivity index (χ3n) is 6.35. The van der Waals surface area contributed by atoms with Crippen molar-refractivity contribution in [1.29, 1.82) is 0 Å². The van der Waals surface area contributed by atoms with Gasteiger partial charge >= 0.3 is 0 Å². The van der Waals surface area contributed by atoms with Crippen LogP contribution in [0.25, 0.3) is 10.2 Å². The zero-order chi connectivity index (χ0) is 20.0. The van der Waals surface area contributed by atoms with Gasteiger partial charge in [0.25, 0.3) is 0 Å². The van der Waals surface area contributed by atoms with Gasteiger partial charge in [0, 0.05) is 11.4 Å². The summed E-state index contributed by atoms with van der Waals surface area (Å²) in [6, 6.07) is 6.06. The highest BCUT2D eigenvalue weighted by atomic mass is 32.2. The van der Waals surface area contributed by atoms with Crippen LogP contribution < -0.4 is 5.32 Å². The number of imide groups is 1. The molecule has 2 bridgehead atoms. The predicted octanol–water partition coefficient (Wildman–Crippen LogP) is 4.76. The van der Waals surface area contributed by atoms with Crippen molar-refractivity contribution in [2.24, 2.45) is 23.7 Å². The molecule has 2 heterocycles. The topological polar surface area (TPSA) is 62.3 Å². The summed E-state index contributed by atoms with van der Waals surface area (Å²) in [7, 11) is 0. The van der Waals surface area contributed by atoms with Crippen LogP contribution in [0.4, 0.5) is 5.69 Å². The number of nitrogens with zero attached hydrogens (tertiary/aromatic N) is 2. The first-order valence-corrected chi connectivity index (χ1v) is 12.3. The third-order valence-corrected chi connectivity index (χ3v) is 8.59. The maximum absolute atomic E-state index is 12.8. The van der Waals surface area contributed by atoms with Gasteiger partial charge in [-0.15, -0.1) is 11.3 Å². The molecular formula is C22H25N3O2S2. The van der Waals surface area contributed by atoms with Crippen molar-refractivity contribution in [2.45, 2.75) is 36.9 Å². The van der Waals surface area contributed by atoms with Crippen molar-refractivity contribution in [3.05, 3.63) is 30.4 Å². The smallest absolute Gasteiger partial charge is 0.235 e. The van der Waals surface area contributed by atoms with Crippen molar-refractivity contribution >= 4 is 50.8 Å². The minimum atomic E-state index is -0.129. The van der Waals surface area contributed by atoms with E-state index in [2.05, 4.69) is 30.5 Å². The standard InChI is InChI=1S/C22H25N3O2S2/c1-2-3-4-9-28-22-24-16-8-7-15(11-17(16)29-22)23-12-25-20(26)18-13-5-6-14(10-13)19(18)21(25)27/h5-8,11,13-14,18-19,23H,2-4,9-10,12H2,1H3/t13-,14-,18-,19-/m0/s1. The fourth-order valence-electron chi connectivity index (χ4n) is 4.88. The monoisotopic (exact) mass is 427 g/mol. The summed E-state index contributed by atoms with van der Waals surface area (Å²) >= 11 is 3.53. The quantitative estimate of drug-likeness (QED) is 0.285. The number of rotatable bonds is 8. The molecule has 1 saturated heterocycles. The summed E-state index contributed by atoms with van der Waals surface area (Å²) in [4.78, 5) is 31.7.